The molecule has 1 aliphatic heterocycles. The fraction of sp³-hybridized carbons (Fsp3) is 0.458. The van der Waals surface area contributed by atoms with Gasteiger partial charge >= 0.3 is 12.1 Å². The van der Waals surface area contributed by atoms with Crippen LogP contribution in [-0.2, 0) is 14.3 Å². The lowest BCUT2D eigenvalue weighted by atomic mass is 10.0. The highest BCUT2D eigenvalue weighted by Crippen LogP contribution is 2.30. The molecule has 9 heteroatoms. The Hall–Kier alpha value is -3.17. The third kappa shape index (κ3) is 7.73. The molecule has 1 heterocycles. The van der Waals surface area contributed by atoms with Gasteiger partial charge in [-0.3, -0.25) is 10.1 Å². The maximum atomic E-state index is 13.1. The second-order valence-electron chi connectivity index (χ2n) is 8.67. The van der Waals surface area contributed by atoms with Crippen molar-refractivity contribution in [1.29, 1.82) is 0 Å². The summed E-state index contributed by atoms with van der Waals surface area (Å²) in [6, 6.07) is 3.04. The first kappa shape index (κ1) is 26.1. The Morgan fingerprint density at radius 1 is 1.12 bits per heavy atom. The molecular formula is C24H31NO8. The molecule has 3 unspecified atom stereocenters. The molecule has 33 heavy (non-hydrogen) atoms. The summed E-state index contributed by atoms with van der Waals surface area (Å²) in [4.78, 5) is 37.5. The molecule has 0 fully saturated rings. The Balaban J connectivity index is 2.54. The van der Waals surface area contributed by atoms with E-state index in [1.165, 1.54) is 31.4 Å². The van der Waals surface area contributed by atoms with Crippen molar-refractivity contribution in [3.05, 3.63) is 41.5 Å². The summed E-state index contributed by atoms with van der Waals surface area (Å²) >= 11 is 0. The Morgan fingerprint density at radius 2 is 1.79 bits per heavy atom. The number of methoxy groups -OCH3 is 1. The molecule has 0 aliphatic carbocycles. The highest BCUT2D eigenvalue weighted by atomic mass is 16.6. The second kappa shape index (κ2) is 11.1. The summed E-state index contributed by atoms with van der Waals surface area (Å²) in [6.45, 7) is 6.78. The molecular weight excluding hydrogens is 430 g/mol. The van der Waals surface area contributed by atoms with Crippen LogP contribution in [0.15, 0.2) is 30.4 Å². The number of amides is 1. The van der Waals surface area contributed by atoms with E-state index in [0.717, 1.165) is 6.08 Å². The van der Waals surface area contributed by atoms with Crippen LogP contribution in [0.2, 0.25) is 0 Å². The predicted octanol–water partition coefficient (Wildman–Crippen LogP) is 3.24. The summed E-state index contributed by atoms with van der Waals surface area (Å²) in [7, 11) is 1.43. The molecule has 0 saturated carbocycles. The van der Waals surface area contributed by atoms with Crippen LogP contribution >= 0.6 is 0 Å². The number of carbonyl (C=O) groups is 3. The van der Waals surface area contributed by atoms with Gasteiger partial charge in [0, 0.05) is 12.5 Å². The summed E-state index contributed by atoms with van der Waals surface area (Å²) in [5.41, 5.74) is -0.218. The number of hydrogen-bond donors (Lipinski definition) is 3. The Labute approximate surface area is 193 Å². The molecule has 180 valence electrons. The number of benzene rings is 1. The van der Waals surface area contributed by atoms with Gasteiger partial charge in [-0.2, -0.15) is 0 Å². The molecule has 9 nitrogen and oxygen atoms in total. The molecule has 1 aliphatic rings. The Morgan fingerprint density at radius 3 is 2.42 bits per heavy atom. The van der Waals surface area contributed by atoms with Gasteiger partial charge in [0.25, 0.3) is 0 Å². The smallest absolute Gasteiger partial charge is 0.412 e. The van der Waals surface area contributed by atoms with Crippen LogP contribution in [0.1, 0.15) is 56.5 Å². The standard InChI is InChI=1S/C24H31NO8/c1-14-8-6-10-18(26)21(28)19(27)11-7-9-15-12-16(31-5)13-17(20(15)22(29)32-14)25-23(30)33-24(2,3)4/h6-7,9-10,12-14,19,21,27-28H,8,11H2,1-5H3,(H,25,30)/b9-7?,10-6-. The zero-order valence-electron chi connectivity index (χ0n) is 19.5. The van der Waals surface area contributed by atoms with E-state index in [2.05, 4.69) is 5.32 Å². The van der Waals surface area contributed by atoms with Gasteiger partial charge in [-0.25, -0.2) is 9.59 Å². The normalized spacial score (nSPS) is 23.1. The minimum absolute atomic E-state index is 0.0579. The van der Waals surface area contributed by atoms with Crippen molar-refractivity contribution in [3.63, 3.8) is 0 Å². The lowest BCUT2D eigenvalue weighted by molar-refractivity contribution is -0.127. The number of hydrogen-bond acceptors (Lipinski definition) is 8. The number of esters is 1. The van der Waals surface area contributed by atoms with Crippen LogP contribution in [0.25, 0.3) is 6.08 Å². The molecule has 1 aromatic rings. The van der Waals surface area contributed by atoms with Crippen molar-refractivity contribution in [1.82, 2.24) is 0 Å². The number of carbonyl (C=O) groups excluding carboxylic acids is 3. The van der Waals surface area contributed by atoms with Crippen molar-refractivity contribution in [3.8, 4) is 5.75 Å². The maximum absolute atomic E-state index is 13.1. The van der Waals surface area contributed by atoms with Gasteiger partial charge in [0.2, 0.25) is 0 Å². The molecule has 0 spiro atoms. The van der Waals surface area contributed by atoms with Crippen molar-refractivity contribution in [2.24, 2.45) is 0 Å². The first-order valence-electron chi connectivity index (χ1n) is 10.6. The zero-order valence-corrected chi connectivity index (χ0v) is 19.5. The van der Waals surface area contributed by atoms with Gasteiger partial charge in [0.05, 0.1) is 24.5 Å². The van der Waals surface area contributed by atoms with E-state index >= 15 is 0 Å². The molecule has 2 rings (SSSR count). The SMILES string of the molecule is COc1cc2c(c(NC(=O)OC(C)(C)C)c1)C(=O)OC(C)C/C=C\C(=O)C(O)C(O)CC=C2. The zero-order chi connectivity index (χ0) is 24.8. The fourth-order valence-electron chi connectivity index (χ4n) is 3.04. The number of fused-ring (bicyclic) bond motifs is 1. The number of nitrogens with one attached hydrogen (secondary N) is 1. The Bertz CT molecular complexity index is 945. The molecule has 0 bridgehead atoms. The van der Waals surface area contributed by atoms with Crippen LogP contribution in [0.5, 0.6) is 5.75 Å². The van der Waals surface area contributed by atoms with Crippen LogP contribution < -0.4 is 10.1 Å². The first-order chi connectivity index (χ1) is 15.4. The van der Waals surface area contributed by atoms with E-state index in [1.807, 2.05) is 0 Å². The Kier molecular flexibility index (Phi) is 8.78. The molecule has 3 N–H and O–H groups in total. The molecule has 0 aromatic heterocycles. The first-order valence-corrected chi connectivity index (χ1v) is 10.6. The molecule has 0 radical (unpaired) electrons. The molecule has 1 aromatic carbocycles. The lowest BCUT2D eigenvalue weighted by Crippen LogP contribution is -2.32. The van der Waals surface area contributed by atoms with Crippen LogP contribution in [-0.4, -0.2) is 59.1 Å². The lowest BCUT2D eigenvalue weighted by Gasteiger charge is -2.22. The van der Waals surface area contributed by atoms with E-state index in [9.17, 15) is 24.6 Å². The quantitative estimate of drug-likeness (QED) is 0.572. The topological polar surface area (TPSA) is 131 Å². The van der Waals surface area contributed by atoms with E-state index in [0.29, 0.717) is 11.3 Å². The van der Waals surface area contributed by atoms with E-state index in [4.69, 9.17) is 14.2 Å². The number of ketones is 1. The number of ether oxygens (including phenoxy) is 3. The van der Waals surface area contributed by atoms with Crippen molar-refractivity contribution in [2.45, 2.75) is 64.4 Å². The van der Waals surface area contributed by atoms with Gasteiger partial charge in [-0.15, -0.1) is 0 Å². The van der Waals surface area contributed by atoms with E-state index in [-0.39, 0.29) is 24.1 Å². The largest absolute Gasteiger partial charge is 0.497 e. The summed E-state index contributed by atoms with van der Waals surface area (Å²) in [5, 5.41) is 22.8. The van der Waals surface area contributed by atoms with Gasteiger partial charge in [0.15, 0.2) is 5.78 Å². The van der Waals surface area contributed by atoms with Gasteiger partial charge in [0.1, 0.15) is 23.6 Å². The van der Waals surface area contributed by atoms with E-state index < -0.39 is 41.8 Å². The average Bonchev–Trinajstić information content (AvgIpc) is 2.70. The minimum atomic E-state index is -1.58. The van der Waals surface area contributed by atoms with Crippen LogP contribution in [0.4, 0.5) is 10.5 Å². The van der Waals surface area contributed by atoms with Crippen molar-refractivity contribution < 1.29 is 38.8 Å². The van der Waals surface area contributed by atoms with E-state index in [1.54, 1.807) is 33.8 Å². The summed E-state index contributed by atoms with van der Waals surface area (Å²) in [6.07, 6.45) is 1.50. The number of anilines is 1. The van der Waals surface area contributed by atoms with Gasteiger partial charge < -0.3 is 24.4 Å². The summed E-state index contributed by atoms with van der Waals surface area (Å²) in [5.74, 6) is -0.990. The van der Waals surface area contributed by atoms with Crippen molar-refractivity contribution >= 4 is 29.6 Å². The maximum Gasteiger partial charge on any atom is 0.412 e. The number of aliphatic hydroxyl groups is 2. The predicted molar refractivity (Wildman–Crippen MR) is 122 cm³/mol. The van der Waals surface area contributed by atoms with Gasteiger partial charge in [-0.1, -0.05) is 18.2 Å². The monoisotopic (exact) mass is 461 g/mol. The third-order valence-electron chi connectivity index (χ3n) is 4.61. The van der Waals surface area contributed by atoms with Crippen LogP contribution in [0.3, 0.4) is 0 Å². The number of cyclic esters (lactones) is 1. The van der Waals surface area contributed by atoms with Crippen molar-refractivity contribution in [2.75, 3.05) is 12.4 Å². The fourth-order valence-corrected chi connectivity index (χ4v) is 3.04. The number of rotatable bonds is 2. The second-order valence-corrected chi connectivity index (χ2v) is 8.67. The molecule has 0 saturated heterocycles. The third-order valence-corrected chi connectivity index (χ3v) is 4.61. The molecule has 1 amide bonds. The van der Waals surface area contributed by atoms with Gasteiger partial charge in [-0.05, 0) is 51.8 Å². The minimum Gasteiger partial charge on any atom is -0.497 e. The molecule has 3 atom stereocenters. The highest BCUT2D eigenvalue weighted by Gasteiger charge is 2.25. The average molecular weight is 462 g/mol. The highest BCUT2D eigenvalue weighted by molar-refractivity contribution is 6.03. The summed E-state index contributed by atoms with van der Waals surface area (Å²) < 4.78 is 16.1. The van der Waals surface area contributed by atoms with Crippen LogP contribution in [0, 0.1) is 0 Å². The number of aliphatic hydroxyl groups excluding tert-OH is 2.